The first-order chi connectivity index (χ1) is 12.1. The molecule has 0 fully saturated rings. The van der Waals surface area contributed by atoms with Crippen LogP contribution in [0.1, 0.15) is 25.8 Å². The van der Waals surface area contributed by atoms with E-state index in [0.29, 0.717) is 23.1 Å². The predicted octanol–water partition coefficient (Wildman–Crippen LogP) is 4.24. The number of benzene rings is 2. The van der Waals surface area contributed by atoms with Crippen molar-refractivity contribution in [3.05, 3.63) is 54.1 Å². The van der Waals surface area contributed by atoms with E-state index in [4.69, 9.17) is 10.00 Å². The van der Waals surface area contributed by atoms with Gasteiger partial charge in [0.25, 0.3) is 5.91 Å². The van der Waals surface area contributed by atoms with Crippen molar-refractivity contribution in [2.75, 3.05) is 11.4 Å². The van der Waals surface area contributed by atoms with Crippen molar-refractivity contribution in [2.24, 2.45) is 0 Å². The molecule has 0 spiro atoms. The van der Waals surface area contributed by atoms with Crippen LogP contribution in [0.2, 0.25) is 0 Å². The summed E-state index contributed by atoms with van der Waals surface area (Å²) in [6.07, 6.45) is 0.341. The van der Waals surface area contributed by atoms with Gasteiger partial charge >= 0.3 is 0 Å². The molecule has 0 aromatic heterocycles. The second-order valence-corrected chi connectivity index (χ2v) is 7.55. The van der Waals surface area contributed by atoms with Crippen LogP contribution < -0.4 is 9.64 Å². The average molecular weight is 352 g/mol. The number of nitrogens with zero attached hydrogens (tertiary/aromatic N) is 2. The summed E-state index contributed by atoms with van der Waals surface area (Å²) < 4.78 is 5.80. The first-order valence-corrected chi connectivity index (χ1v) is 9.20. The third-order valence-corrected chi connectivity index (χ3v) is 5.39. The number of rotatable bonds is 3. The Kier molecular flexibility index (Phi) is 5.30. The molecule has 1 aliphatic heterocycles. The van der Waals surface area contributed by atoms with E-state index in [2.05, 4.69) is 19.1 Å². The highest BCUT2D eigenvalue weighted by Gasteiger charge is 2.28. The van der Waals surface area contributed by atoms with Crippen molar-refractivity contribution >= 4 is 23.4 Å². The molecule has 25 heavy (non-hydrogen) atoms. The molecule has 128 valence electrons. The standard InChI is InChI=1S/C20H20N2O2S/c1-14-11-12-22(18-5-3-4-6-19(18)25-14)20(23)15(2)24-17-9-7-16(13-21)8-10-17/h3-10,14-15H,11-12H2,1-2H3. The van der Waals surface area contributed by atoms with Gasteiger partial charge < -0.3 is 9.64 Å². The van der Waals surface area contributed by atoms with Crippen molar-refractivity contribution < 1.29 is 9.53 Å². The lowest BCUT2D eigenvalue weighted by molar-refractivity contribution is -0.124. The zero-order valence-electron chi connectivity index (χ0n) is 14.3. The zero-order chi connectivity index (χ0) is 17.8. The Labute approximate surface area is 152 Å². The van der Waals surface area contributed by atoms with Gasteiger partial charge in [-0.25, -0.2) is 0 Å². The molecule has 0 N–H and O–H groups in total. The third-order valence-electron chi connectivity index (χ3n) is 4.15. The van der Waals surface area contributed by atoms with Gasteiger partial charge in [0.2, 0.25) is 0 Å². The number of carbonyl (C=O) groups is 1. The first-order valence-electron chi connectivity index (χ1n) is 8.32. The fraction of sp³-hybridized carbons (Fsp3) is 0.300. The van der Waals surface area contributed by atoms with E-state index in [-0.39, 0.29) is 5.91 Å². The van der Waals surface area contributed by atoms with E-state index in [1.165, 1.54) is 0 Å². The molecule has 1 heterocycles. The van der Waals surface area contributed by atoms with Gasteiger partial charge in [-0.1, -0.05) is 19.1 Å². The number of fused-ring (bicyclic) bond motifs is 1. The molecule has 0 saturated carbocycles. The van der Waals surface area contributed by atoms with Gasteiger partial charge in [-0.15, -0.1) is 11.8 Å². The van der Waals surface area contributed by atoms with E-state index < -0.39 is 6.10 Å². The maximum atomic E-state index is 13.0. The van der Waals surface area contributed by atoms with Crippen molar-refractivity contribution in [1.29, 1.82) is 5.26 Å². The number of hydrogen-bond acceptors (Lipinski definition) is 4. The summed E-state index contributed by atoms with van der Waals surface area (Å²) in [6, 6.07) is 16.9. The highest BCUT2D eigenvalue weighted by Crippen LogP contribution is 2.37. The van der Waals surface area contributed by atoms with Gasteiger partial charge in [-0.2, -0.15) is 5.26 Å². The number of amides is 1. The number of carbonyl (C=O) groups excluding carboxylic acids is 1. The Hall–Kier alpha value is -2.45. The molecule has 3 rings (SSSR count). The maximum Gasteiger partial charge on any atom is 0.267 e. The fourth-order valence-corrected chi connectivity index (χ4v) is 3.91. The SMILES string of the molecule is CC1CCN(C(=O)C(C)Oc2ccc(C#N)cc2)c2ccccc2S1. The van der Waals surface area contributed by atoms with Crippen LogP contribution in [-0.4, -0.2) is 23.8 Å². The number of hydrogen-bond donors (Lipinski definition) is 0. The Morgan fingerprint density at radius 3 is 2.72 bits per heavy atom. The Morgan fingerprint density at radius 1 is 1.28 bits per heavy atom. The third kappa shape index (κ3) is 3.97. The molecule has 4 nitrogen and oxygen atoms in total. The molecule has 5 heteroatoms. The van der Waals surface area contributed by atoms with Crippen molar-refractivity contribution in [1.82, 2.24) is 0 Å². The summed E-state index contributed by atoms with van der Waals surface area (Å²) in [6.45, 7) is 4.64. The lowest BCUT2D eigenvalue weighted by Gasteiger charge is -2.26. The van der Waals surface area contributed by atoms with Crippen molar-refractivity contribution in [2.45, 2.75) is 36.5 Å². The zero-order valence-corrected chi connectivity index (χ0v) is 15.1. The molecular weight excluding hydrogens is 332 g/mol. The molecule has 0 saturated heterocycles. The van der Waals surface area contributed by atoms with Crippen LogP contribution in [0.4, 0.5) is 5.69 Å². The number of ether oxygens (including phenoxy) is 1. The summed E-state index contributed by atoms with van der Waals surface area (Å²) in [5.74, 6) is 0.539. The Balaban J connectivity index is 1.78. The van der Waals surface area contributed by atoms with E-state index in [1.54, 1.807) is 31.2 Å². The van der Waals surface area contributed by atoms with Crippen LogP contribution >= 0.6 is 11.8 Å². The van der Waals surface area contributed by atoms with Crippen LogP contribution in [0.15, 0.2) is 53.4 Å². The predicted molar refractivity (Wildman–Crippen MR) is 100.0 cm³/mol. The highest BCUT2D eigenvalue weighted by atomic mass is 32.2. The number of thioether (sulfide) groups is 1. The molecule has 2 unspecified atom stereocenters. The lowest BCUT2D eigenvalue weighted by Crippen LogP contribution is -2.41. The van der Waals surface area contributed by atoms with Crippen molar-refractivity contribution in [3.8, 4) is 11.8 Å². The second-order valence-electron chi connectivity index (χ2n) is 6.07. The number of nitriles is 1. The monoisotopic (exact) mass is 352 g/mol. The van der Waals surface area contributed by atoms with E-state index in [1.807, 2.05) is 34.9 Å². The normalized spacial score (nSPS) is 17.8. The van der Waals surface area contributed by atoms with Crippen LogP contribution in [0, 0.1) is 11.3 Å². The molecule has 0 bridgehead atoms. The minimum Gasteiger partial charge on any atom is -0.481 e. The Bertz CT molecular complexity index is 798. The lowest BCUT2D eigenvalue weighted by atomic mass is 10.2. The molecule has 0 radical (unpaired) electrons. The van der Waals surface area contributed by atoms with E-state index >= 15 is 0 Å². The summed E-state index contributed by atoms with van der Waals surface area (Å²) in [5.41, 5.74) is 1.52. The molecule has 2 atom stereocenters. The van der Waals surface area contributed by atoms with E-state index in [0.717, 1.165) is 17.0 Å². The van der Waals surface area contributed by atoms with Crippen LogP contribution in [0.5, 0.6) is 5.75 Å². The summed E-state index contributed by atoms with van der Waals surface area (Å²) in [4.78, 5) is 16.0. The van der Waals surface area contributed by atoms with E-state index in [9.17, 15) is 4.79 Å². The topological polar surface area (TPSA) is 53.3 Å². The smallest absolute Gasteiger partial charge is 0.267 e. The molecule has 1 aliphatic rings. The number of anilines is 1. The van der Waals surface area contributed by atoms with Gasteiger partial charge in [-0.3, -0.25) is 4.79 Å². The largest absolute Gasteiger partial charge is 0.481 e. The molecule has 2 aromatic rings. The minimum absolute atomic E-state index is 0.0495. The molecular formula is C20H20N2O2S. The minimum atomic E-state index is -0.598. The van der Waals surface area contributed by atoms with Crippen molar-refractivity contribution in [3.63, 3.8) is 0 Å². The molecule has 2 aromatic carbocycles. The van der Waals surface area contributed by atoms with Crippen LogP contribution in [0.25, 0.3) is 0 Å². The quantitative estimate of drug-likeness (QED) is 0.829. The molecule has 1 amide bonds. The van der Waals surface area contributed by atoms with Gasteiger partial charge in [0.05, 0.1) is 17.3 Å². The second kappa shape index (κ2) is 7.62. The van der Waals surface area contributed by atoms with Crippen LogP contribution in [-0.2, 0) is 4.79 Å². The highest BCUT2D eigenvalue weighted by molar-refractivity contribution is 8.00. The fourth-order valence-electron chi connectivity index (χ4n) is 2.80. The Morgan fingerprint density at radius 2 is 2.00 bits per heavy atom. The number of para-hydroxylation sites is 1. The summed E-state index contributed by atoms with van der Waals surface area (Å²) in [7, 11) is 0. The van der Waals surface area contributed by atoms with Gasteiger partial charge in [0.15, 0.2) is 6.10 Å². The summed E-state index contributed by atoms with van der Waals surface area (Å²) in [5, 5.41) is 9.32. The van der Waals surface area contributed by atoms with Gasteiger partial charge in [0.1, 0.15) is 5.75 Å². The van der Waals surface area contributed by atoms with Gasteiger partial charge in [0, 0.05) is 16.7 Å². The van der Waals surface area contributed by atoms with Crippen LogP contribution in [0.3, 0.4) is 0 Å². The maximum absolute atomic E-state index is 13.0. The molecule has 0 aliphatic carbocycles. The first kappa shape index (κ1) is 17.4. The summed E-state index contributed by atoms with van der Waals surface area (Å²) >= 11 is 1.81. The van der Waals surface area contributed by atoms with Gasteiger partial charge in [-0.05, 0) is 49.7 Å². The average Bonchev–Trinajstić information content (AvgIpc) is 2.80.